The van der Waals surface area contributed by atoms with Gasteiger partial charge in [-0.25, -0.2) is 0 Å². The molecular weight excluding hydrogens is 286 g/mol. The van der Waals surface area contributed by atoms with Gasteiger partial charge in [0.15, 0.2) is 0 Å². The van der Waals surface area contributed by atoms with Crippen LogP contribution in [-0.2, 0) is 4.74 Å². The van der Waals surface area contributed by atoms with Crippen LogP contribution in [0.5, 0.6) is 5.75 Å². The first kappa shape index (κ1) is 12.1. The van der Waals surface area contributed by atoms with Crippen LogP contribution in [0.15, 0.2) is 40.0 Å². The first-order chi connectivity index (χ1) is 8.29. The molecule has 1 aromatic carbocycles. The number of hydrogen-bond donors (Lipinski definition) is 1. The maximum atomic E-state index is 8.60. The Bertz CT molecular complexity index is 445. The summed E-state index contributed by atoms with van der Waals surface area (Å²) in [6, 6.07) is 5.52. The molecule has 0 unspecified atom stereocenters. The van der Waals surface area contributed by atoms with Gasteiger partial charge in [-0.05, 0) is 24.3 Å². The summed E-state index contributed by atoms with van der Waals surface area (Å²) >= 11 is 3.35. The molecule has 17 heavy (non-hydrogen) atoms. The van der Waals surface area contributed by atoms with E-state index in [9.17, 15) is 0 Å². The number of nitrogens with zero attached hydrogens (tertiary/aromatic N) is 1. The monoisotopic (exact) mass is 297 g/mol. The summed E-state index contributed by atoms with van der Waals surface area (Å²) in [4.78, 5) is 0. The zero-order valence-electron chi connectivity index (χ0n) is 9.04. The van der Waals surface area contributed by atoms with Crippen LogP contribution >= 0.6 is 15.9 Å². The molecule has 0 aromatic heterocycles. The molecule has 0 amide bonds. The van der Waals surface area contributed by atoms with Crippen molar-refractivity contribution in [3.63, 3.8) is 0 Å². The van der Waals surface area contributed by atoms with Crippen LogP contribution < -0.4 is 4.74 Å². The standard InChI is InChI=1S/C12H12BrNO3/c13-10-3-4-12(9(6-10)7-14-15)17-11-2-1-5-16-8-11/h1-4,6-7,11,15H,5,8H2/t11-/m1/s1. The molecule has 0 bridgehead atoms. The van der Waals surface area contributed by atoms with Gasteiger partial charge in [0.05, 0.1) is 19.4 Å². The Morgan fingerprint density at radius 2 is 2.41 bits per heavy atom. The van der Waals surface area contributed by atoms with Crippen LogP contribution in [0.3, 0.4) is 0 Å². The van der Waals surface area contributed by atoms with E-state index >= 15 is 0 Å². The van der Waals surface area contributed by atoms with Crippen molar-refractivity contribution in [2.75, 3.05) is 13.2 Å². The molecule has 1 N–H and O–H groups in total. The van der Waals surface area contributed by atoms with Crippen molar-refractivity contribution in [3.05, 3.63) is 40.4 Å². The maximum absolute atomic E-state index is 8.60. The number of oxime groups is 1. The van der Waals surface area contributed by atoms with Crippen LogP contribution in [0.4, 0.5) is 0 Å². The third kappa shape index (κ3) is 3.31. The van der Waals surface area contributed by atoms with Gasteiger partial charge in [-0.15, -0.1) is 0 Å². The third-order valence-corrected chi connectivity index (χ3v) is 2.79. The number of hydrogen-bond acceptors (Lipinski definition) is 4. The fraction of sp³-hybridized carbons (Fsp3) is 0.250. The van der Waals surface area contributed by atoms with E-state index < -0.39 is 0 Å². The topological polar surface area (TPSA) is 51.1 Å². The first-order valence-corrected chi connectivity index (χ1v) is 5.97. The summed E-state index contributed by atoms with van der Waals surface area (Å²) in [5, 5.41) is 11.6. The van der Waals surface area contributed by atoms with Crippen LogP contribution in [0.2, 0.25) is 0 Å². The van der Waals surface area contributed by atoms with Crippen molar-refractivity contribution in [2.45, 2.75) is 6.10 Å². The van der Waals surface area contributed by atoms with Crippen molar-refractivity contribution in [3.8, 4) is 5.75 Å². The van der Waals surface area contributed by atoms with E-state index in [2.05, 4.69) is 21.1 Å². The average Bonchev–Trinajstić information content (AvgIpc) is 2.34. The average molecular weight is 298 g/mol. The highest BCUT2D eigenvalue weighted by Crippen LogP contribution is 2.23. The molecule has 1 atom stereocenters. The minimum Gasteiger partial charge on any atom is -0.483 e. The summed E-state index contributed by atoms with van der Waals surface area (Å²) in [5.74, 6) is 0.658. The Morgan fingerprint density at radius 1 is 1.53 bits per heavy atom. The van der Waals surface area contributed by atoms with Gasteiger partial charge in [-0.1, -0.05) is 27.2 Å². The molecular formula is C12H12BrNO3. The molecule has 1 aliphatic rings. The van der Waals surface area contributed by atoms with Crippen LogP contribution in [0.1, 0.15) is 5.56 Å². The van der Waals surface area contributed by atoms with Gasteiger partial charge in [-0.3, -0.25) is 0 Å². The lowest BCUT2D eigenvalue weighted by Gasteiger charge is -2.19. The second-order valence-electron chi connectivity index (χ2n) is 3.55. The van der Waals surface area contributed by atoms with E-state index in [1.807, 2.05) is 30.4 Å². The van der Waals surface area contributed by atoms with Gasteiger partial charge in [0.2, 0.25) is 0 Å². The SMILES string of the molecule is ON=Cc1cc(Br)ccc1O[C@@H]1C=CCOC1. The minimum atomic E-state index is -0.101. The molecule has 1 heterocycles. The third-order valence-electron chi connectivity index (χ3n) is 2.29. The van der Waals surface area contributed by atoms with Crippen molar-refractivity contribution in [1.29, 1.82) is 0 Å². The van der Waals surface area contributed by atoms with E-state index in [1.165, 1.54) is 6.21 Å². The second kappa shape index (κ2) is 5.84. The Morgan fingerprint density at radius 3 is 3.12 bits per heavy atom. The van der Waals surface area contributed by atoms with Crippen molar-refractivity contribution in [2.24, 2.45) is 5.16 Å². The highest BCUT2D eigenvalue weighted by atomic mass is 79.9. The summed E-state index contributed by atoms with van der Waals surface area (Å²) in [6.07, 6.45) is 5.13. The van der Waals surface area contributed by atoms with Crippen LogP contribution in [-0.4, -0.2) is 30.7 Å². The predicted octanol–water partition coefficient (Wildman–Crippen LogP) is 2.59. The zero-order valence-corrected chi connectivity index (χ0v) is 10.6. The summed E-state index contributed by atoms with van der Waals surface area (Å²) in [6.45, 7) is 1.16. The molecule has 0 spiro atoms. The van der Waals surface area contributed by atoms with Crippen molar-refractivity contribution < 1.29 is 14.7 Å². The van der Waals surface area contributed by atoms with Crippen molar-refractivity contribution >= 4 is 22.1 Å². The van der Waals surface area contributed by atoms with Gasteiger partial charge < -0.3 is 14.7 Å². The Balaban J connectivity index is 2.19. The molecule has 1 aliphatic heterocycles. The molecule has 5 heteroatoms. The molecule has 4 nitrogen and oxygen atoms in total. The number of ether oxygens (including phenoxy) is 2. The van der Waals surface area contributed by atoms with Crippen LogP contribution in [0.25, 0.3) is 0 Å². The molecule has 0 fully saturated rings. The van der Waals surface area contributed by atoms with Gasteiger partial charge in [0, 0.05) is 10.0 Å². The lowest BCUT2D eigenvalue weighted by atomic mass is 10.2. The fourth-order valence-electron chi connectivity index (χ4n) is 1.54. The summed E-state index contributed by atoms with van der Waals surface area (Å²) in [5.41, 5.74) is 0.709. The molecule has 0 aliphatic carbocycles. The Hall–Kier alpha value is -1.33. The van der Waals surface area contributed by atoms with Gasteiger partial charge in [-0.2, -0.15) is 0 Å². The van der Waals surface area contributed by atoms with Crippen molar-refractivity contribution in [1.82, 2.24) is 0 Å². The lowest BCUT2D eigenvalue weighted by molar-refractivity contribution is 0.0753. The highest BCUT2D eigenvalue weighted by molar-refractivity contribution is 9.10. The number of rotatable bonds is 3. The highest BCUT2D eigenvalue weighted by Gasteiger charge is 2.12. The normalized spacial score (nSPS) is 19.7. The van der Waals surface area contributed by atoms with Gasteiger partial charge >= 0.3 is 0 Å². The second-order valence-corrected chi connectivity index (χ2v) is 4.46. The Labute approximate surface area is 108 Å². The molecule has 1 aromatic rings. The molecule has 2 rings (SSSR count). The van der Waals surface area contributed by atoms with Gasteiger partial charge in [0.1, 0.15) is 11.9 Å². The summed E-state index contributed by atoms with van der Waals surface area (Å²) < 4.78 is 11.9. The van der Waals surface area contributed by atoms with E-state index in [0.717, 1.165) is 4.47 Å². The smallest absolute Gasteiger partial charge is 0.140 e. The van der Waals surface area contributed by atoms with E-state index in [1.54, 1.807) is 0 Å². The molecule has 90 valence electrons. The van der Waals surface area contributed by atoms with E-state index in [0.29, 0.717) is 24.5 Å². The first-order valence-electron chi connectivity index (χ1n) is 5.17. The largest absolute Gasteiger partial charge is 0.483 e. The summed E-state index contributed by atoms with van der Waals surface area (Å²) in [7, 11) is 0. The maximum Gasteiger partial charge on any atom is 0.140 e. The number of halogens is 1. The molecule has 0 saturated heterocycles. The quantitative estimate of drug-likeness (QED) is 0.404. The minimum absolute atomic E-state index is 0.101. The predicted molar refractivity (Wildman–Crippen MR) is 67.9 cm³/mol. The van der Waals surface area contributed by atoms with Crippen LogP contribution in [0, 0.1) is 0 Å². The lowest BCUT2D eigenvalue weighted by Crippen LogP contribution is -2.24. The van der Waals surface area contributed by atoms with Gasteiger partial charge in [0.25, 0.3) is 0 Å². The number of benzene rings is 1. The fourth-order valence-corrected chi connectivity index (χ4v) is 1.92. The Kier molecular flexibility index (Phi) is 4.17. The van der Waals surface area contributed by atoms with E-state index in [-0.39, 0.29) is 6.10 Å². The van der Waals surface area contributed by atoms with E-state index in [4.69, 9.17) is 14.7 Å². The molecule has 0 radical (unpaired) electrons. The zero-order chi connectivity index (χ0) is 12.1. The molecule has 0 saturated carbocycles.